The molecule has 2 aromatic carbocycles. The van der Waals surface area contributed by atoms with E-state index in [4.69, 9.17) is 9.47 Å². The first-order chi connectivity index (χ1) is 18.9. The summed E-state index contributed by atoms with van der Waals surface area (Å²) in [5.74, 6) is -1.35. The van der Waals surface area contributed by atoms with Crippen molar-refractivity contribution in [3.63, 3.8) is 0 Å². The molecule has 0 saturated carbocycles. The second-order valence-corrected chi connectivity index (χ2v) is 11.3. The van der Waals surface area contributed by atoms with E-state index >= 15 is 0 Å². The molecule has 2 N–H and O–H groups in total. The van der Waals surface area contributed by atoms with Gasteiger partial charge in [-0.05, 0) is 58.1 Å². The van der Waals surface area contributed by atoms with Crippen molar-refractivity contribution in [2.45, 2.75) is 90.1 Å². The Morgan fingerprint density at radius 3 is 2.12 bits per heavy atom. The van der Waals surface area contributed by atoms with E-state index in [2.05, 4.69) is 10.6 Å². The minimum absolute atomic E-state index is 0.119. The van der Waals surface area contributed by atoms with Gasteiger partial charge in [-0.1, -0.05) is 67.6 Å². The lowest BCUT2D eigenvalue weighted by Gasteiger charge is -2.33. The predicted octanol–water partition coefficient (Wildman–Crippen LogP) is 4.14. The van der Waals surface area contributed by atoms with Crippen molar-refractivity contribution in [3.05, 3.63) is 71.8 Å². The third kappa shape index (κ3) is 8.56. The molecule has 216 valence electrons. The summed E-state index contributed by atoms with van der Waals surface area (Å²) in [5, 5.41) is 5.53. The van der Waals surface area contributed by atoms with E-state index in [1.54, 1.807) is 34.6 Å². The predicted molar refractivity (Wildman–Crippen MR) is 151 cm³/mol. The summed E-state index contributed by atoms with van der Waals surface area (Å²) < 4.78 is 10.9. The smallest absolute Gasteiger partial charge is 0.408 e. The maximum atomic E-state index is 13.9. The van der Waals surface area contributed by atoms with Crippen LogP contribution in [-0.4, -0.2) is 58.5 Å². The van der Waals surface area contributed by atoms with Gasteiger partial charge in [0.2, 0.25) is 11.8 Å². The molecule has 40 heavy (non-hydrogen) atoms. The molecule has 1 heterocycles. The van der Waals surface area contributed by atoms with Crippen LogP contribution in [0.1, 0.15) is 65.0 Å². The molecular formula is C31H41N3O6. The Morgan fingerprint density at radius 2 is 1.55 bits per heavy atom. The maximum absolute atomic E-state index is 13.9. The van der Waals surface area contributed by atoms with E-state index in [1.165, 1.54) is 4.90 Å². The highest BCUT2D eigenvalue weighted by Crippen LogP contribution is 2.22. The Labute approximate surface area is 236 Å². The van der Waals surface area contributed by atoms with Gasteiger partial charge in [0, 0.05) is 13.0 Å². The molecule has 0 radical (unpaired) electrons. The van der Waals surface area contributed by atoms with Gasteiger partial charge in [0.1, 0.15) is 29.8 Å². The number of rotatable bonds is 10. The fraction of sp³-hybridized carbons (Fsp3) is 0.484. The number of nitrogens with zero attached hydrogens (tertiary/aromatic N) is 1. The normalized spacial score (nSPS) is 17.3. The van der Waals surface area contributed by atoms with Gasteiger partial charge in [0.15, 0.2) is 0 Å². The zero-order valence-corrected chi connectivity index (χ0v) is 24.1. The summed E-state index contributed by atoms with van der Waals surface area (Å²) in [6.07, 6.45) is 0.898. The van der Waals surface area contributed by atoms with Crippen molar-refractivity contribution in [2.24, 2.45) is 0 Å². The van der Waals surface area contributed by atoms with Crippen LogP contribution >= 0.6 is 0 Å². The van der Waals surface area contributed by atoms with Gasteiger partial charge in [-0.3, -0.25) is 9.59 Å². The summed E-state index contributed by atoms with van der Waals surface area (Å²) in [6.45, 7) is 9.07. The minimum Gasteiger partial charge on any atom is -0.459 e. The maximum Gasteiger partial charge on any atom is 0.408 e. The van der Waals surface area contributed by atoms with Crippen molar-refractivity contribution in [2.75, 3.05) is 6.54 Å². The second kappa shape index (κ2) is 13.5. The highest BCUT2D eigenvalue weighted by molar-refractivity contribution is 5.95. The molecular weight excluding hydrogens is 510 g/mol. The standard InChI is InChI=1S/C31H41N3O6/c1-6-31(5,33-29(38)40-30(2,3)4)28(37)32-24(20-22-14-9-7-10-15-22)26(35)34-19-13-18-25(34)27(36)39-21-23-16-11-8-12-17-23/h7-12,14-17,24-25H,6,13,18-21H2,1-5H3,(H,32,37)(H,33,38)/t24-,25+,31+/m0/s1. The SMILES string of the molecule is CC[C@@](C)(NC(=O)OC(C)(C)C)C(=O)N[C@@H](Cc1ccccc1)C(=O)N1CCC[C@@H]1C(=O)OCc1ccccc1. The van der Waals surface area contributed by atoms with Crippen LogP contribution in [0, 0.1) is 0 Å². The number of alkyl carbamates (subject to hydrolysis) is 1. The molecule has 0 spiro atoms. The molecule has 1 aliphatic heterocycles. The minimum atomic E-state index is -1.32. The largest absolute Gasteiger partial charge is 0.459 e. The van der Waals surface area contributed by atoms with E-state index < -0.39 is 41.2 Å². The van der Waals surface area contributed by atoms with Crippen molar-refractivity contribution in [1.29, 1.82) is 0 Å². The zero-order chi connectivity index (χ0) is 29.3. The molecule has 1 saturated heterocycles. The molecule has 0 aliphatic carbocycles. The van der Waals surface area contributed by atoms with E-state index in [-0.39, 0.29) is 25.4 Å². The molecule has 3 atom stereocenters. The highest BCUT2D eigenvalue weighted by Gasteiger charge is 2.41. The van der Waals surface area contributed by atoms with Crippen molar-refractivity contribution in [3.8, 4) is 0 Å². The van der Waals surface area contributed by atoms with Crippen LogP contribution in [-0.2, 0) is 36.9 Å². The molecule has 9 heteroatoms. The third-order valence-electron chi connectivity index (χ3n) is 6.90. The second-order valence-electron chi connectivity index (χ2n) is 11.3. The fourth-order valence-corrected chi connectivity index (χ4v) is 4.50. The lowest BCUT2D eigenvalue weighted by molar-refractivity contribution is -0.155. The number of carbonyl (C=O) groups is 4. The van der Waals surface area contributed by atoms with Crippen LogP contribution in [0.3, 0.4) is 0 Å². The van der Waals surface area contributed by atoms with Gasteiger partial charge in [0.25, 0.3) is 0 Å². The van der Waals surface area contributed by atoms with Gasteiger partial charge >= 0.3 is 12.1 Å². The van der Waals surface area contributed by atoms with E-state index in [0.29, 0.717) is 19.4 Å². The molecule has 0 bridgehead atoms. The number of esters is 1. The molecule has 1 aliphatic rings. The summed E-state index contributed by atoms with van der Waals surface area (Å²) in [5.41, 5.74) is -0.351. The lowest BCUT2D eigenvalue weighted by atomic mass is 9.96. The summed E-state index contributed by atoms with van der Waals surface area (Å²) in [7, 11) is 0. The molecule has 2 aromatic rings. The first-order valence-electron chi connectivity index (χ1n) is 13.8. The van der Waals surface area contributed by atoms with Crippen molar-refractivity contribution >= 4 is 23.9 Å². The van der Waals surface area contributed by atoms with Crippen molar-refractivity contribution in [1.82, 2.24) is 15.5 Å². The fourth-order valence-electron chi connectivity index (χ4n) is 4.50. The Hall–Kier alpha value is -3.88. The number of benzene rings is 2. The number of likely N-dealkylation sites (tertiary alicyclic amines) is 1. The molecule has 3 rings (SSSR count). The lowest BCUT2D eigenvalue weighted by Crippen LogP contribution is -2.61. The summed E-state index contributed by atoms with van der Waals surface area (Å²) >= 11 is 0. The Balaban J connectivity index is 1.77. The topological polar surface area (TPSA) is 114 Å². The summed E-state index contributed by atoms with van der Waals surface area (Å²) in [6, 6.07) is 17.0. The Kier molecular flexibility index (Phi) is 10.3. The molecule has 9 nitrogen and oxygen atoms in total. The number of hydrogen-bond acceptors (Lipinski definition) is 6. The van der Waals surface area contributed by atoms with Crippen LogP contribution in [0.4, 0.5) is 4.79 Å². The van der Waals surface area contributed by atoms with E-state index in [0.717, 1.165) is 11.1 Å². The van der Waals surface area contributed by atoms with Crippen LogP contribution in [0.25, 0.3) is 0 Å². The molecule has 0 aromatic heterocycles. The van der Waals surface area contributed by atoms with Crippen LogP contribution in [0.2, 0.25) is 0 Å². The number of amides is 3. The number of nitrogens with one attached hydrogen (secondary N) is 2. The van der Waals surface area contributed by atoms with Crippen LogP contribution in [0.5, 0.6) is 0 Å². The molecule has 3 amide bonds. The number of carbonyl (C=O) groups excluding carboxylic acids is 4. The van der Waals surface area contributed by atoms with Gasteiger partial charge in [0.05, 0.1) is 0 Å². The summed E-state index contributed by atoms with van der Waals surface area (Å²) in [4.78, 5) is 54.5. The van der Waals surface area contributed by atoms with Gasteiger partial charge < -0.3 is 25.0 Å². The first kappa shape index (κ1) is 30.7. The monoisotopic (exact) mass is 551 g/mol. The highest BCUT2D eigenvalue weighted by atomic mass is 16.6. The van der Waals surface area contributed by atoms with Gasteiger partial charge in [-0.2, -0.15) is 0 Å². The van der Waals surface area contributed by atoms with E-state index in [1.807, 2.05) is 60.7 Å². The molecule has 1 fully saturated rings. The van der Waals surface area contributed by atoms with Gasteiger partial charge in [-0.25, -0.2) is 9.59 Å². The third-order valence-corrected chi connectivity index (χ3v) is 6.90. The zero-order valence-electron chi connectivity index (χ0n) is 24.1. The van der Waals surface area contributed by atoms with Gasteiger partial charge in [-0.15, -0.1) is 0 Å². The van der Waals surface area contributed by atoms with E-state index in [9.17, 15) is 19.2 Å². The van der Waals surface area contributed by atoms with Crippen LogP contribution < -0.4 is 10.6 Å². The number of ether oxygens (including phenoxy) is 2. The quantitative estimate of drug-likeness (QED) is 0.429. The van der Waals surface area contributed by atoms with Crippen LogP contribution in [0.15, 0.2) is 60.7 Å². The average molecular weight is 552 g/mol. The first-order valence-corrected chi connectivity index (χ1v) is 13.8. The molecule has 0 unspecified atom stereocenters. The van der Waals surface area contributed by atoms with Crippen molar-refractivity contribution < 1.29 is 28.7 Å². The average Bonchev–Trinajstić information content (AvgIpc) is 3.41. The number of hydrogen-bond donors (Lipinski definition) is 2. The Bertz CT molecular complexity index is 1160. The Morgan fingerprint density at radius 1 is 0.950 bits per heavy atom.